The zero-order valence-corrected chi connectivity index (χ0v) is 19.7. The molecule has 0 fully saturated rings. The number of hydrogen-bond acceptors (Lipinski definition) is 4. The molecule has 0 saturated heterocycles. The molecule has 30 heavy (non-hydrogen) atoms. The Balaban J connectivity index is 0.00000155. The summed E-state index contributed by atoms with van der Waals surface area (Å²) in [6.07, 6.45) is 3.78. The van der Waals surface area contributed by atoms with Crippen molar-refractivity contribution >= 4 is 33.3 Å². The summed E-state index contributed by atoms with van der Waals surface area (Å²) in [5.74, 6) is 1.24. The van der Waals surface area contributed by atoms with Gasteiger partial charge in [0.05, 0.1) is 34.8 Å². The Morgan fingerprint density at radius 3 is 2.57 bits per heavy atom. The summed E-state index contributed by atoms with van der Waals surface area (Å²) >= 11 is 6.53. The zero-order chi connectivity index (χ0) is 22.3. The molecule has 0 radical (unpaired) electrons. The largest absolute Gasteiger partial charge is 0.492 e. The highest BCUT2D eigenvalue weighted by Gasteiger charge is 2.16. The maximum Gasteiger partial charge on any atom is 0.260 e. The van der Waals surface area contributed by atoms with Gasteiger partial charge in [-0.1, -0.05) is 39.3 Å². The molecular weight excluding hydrogens is 400 g/mol. The lowest BCUT2D eigenvalue weighted by atomic mass is 10.1. The highest BCUT2D eigenvalue weighted by molar-refractivity contribution is 6.33. The molecule has 0 amide bonds. The number of benzene rings is 1. The molecule has 1 aromatic carbocycles. The minimum atomic E-state index is -0.0711. The van der Waals surface area contributed by atoms with E-state index in [2.05, 4.69) is 18.8 Å². The minimum absolute atomic E-state index is 0.0711. The quantitative estimate of drug-likeness (QED) is 0.323. The Kier molecular flexibility index (Phi) is 9.12. The van der Waals surface area contributed by atoms with E-state index in [9.17, 15) is 4.79 Å². The molecule has 0 saturated carbocycles. The van der Waals surface area contributed by atoms with Crippen LogP contribution in [0.1, 0.15) is 46.2 Å². The van der Waals surface area contributed by atoms with Crippen molar-refractivity contribution in [1.82, 2.24) is 9.55 Å². The molecule has 0 aliphatic heterocycles. The van der Waals surface area contributed by atoms with Crippen molar-refractivity contribution in [1.29, 1.82) is 0 Å². The monoisotopic (exact) mass is 432 g/mol. The molecule has 164 valence electrons. The van der Waals surface area contributed by atoms with Crippen LogP contribution in [0, 0.1) is 12.8 Å². The predicted octanol–water partition coefficient (Wildman–Crippen LogP) is 6.00. The van der Waals surface area contributed by atoms with E-state index in [0.717, 1.165) is 29.1 Å². The molecular formula is C24H33ClN2O3. The third kappa shape index (κ3) is 5.32. The number of nitrogens with zero attached hydrogens (tertiary/aromatic N) is 2. The molecule has 0 aliphatic rings. The number of fused-ring (bicyclic) bond motifs is 3. The van der Waals surface area contributed by atoms with Crippen LogP contribution in [0.3, 0.4) is 0 Å². The number of aryl methyl sites for hydroxylation is 1. The Labute approximate surface area is 184 Å². The summed E-state index contributed by atoms with van der Waals surface area (Å²) in [5, 5.41) is 2.93. The molecule has 0 unspecified atom stereocenters. The number of hydrogen-bond donors (Lipinski definition) is 0. The molecule has 0 bridgehead atoms. The van der Waals surface area contributed by atoms with Crippen LogP contribution in [0.2, 0.25) is 5.02 Å². The second kappa shape index (κ2) is 11.3. The van der Waals surface area contributed by atoms with Crippen LogP contribution in [-0.4, -0.2) is 29.9 Å². The van der Waals surface area contributed by atoms with Gasteiger partial charge in [0, 0.05) is 31.3 Å². The van der Waals surface area contributed by atoms with Gasteiger partial charge in [0.25, 0.3) is 5.56 Å². The van der Waals surface area contributed by atoms with Crippen LogP contribution in [0.25, 0.3) is 21.7 Å². The maximum absolute atomic E-state index is 13.2. The molecule has 3 aromatic rings. The number of halogens is 1. The standard InChI is InChI=1S/C22H27ClN2O3.C2H6/c1-14(2)6-5-10-28-20-13-19-17(12-18(20)23)16-7-8-24-15(3)21(16)22(26)25(19)9-11-27-4;1-2/h7-8,12-14H,5-6,9-11H2,1-4H3;1-2H3. The average Bonchev–Trinajstić information content (AvgIpc) is 2.73. The van der Waals surface area contributed by atoms with Crippen LogP contribution < -0.4 is 10.3 Å². The molecule has 6 heteroatoms. The van der Waals surface area contributed by atoms with Crippen molar-refractivity contribution in [3.8, 4) is 5.75 Å². The molecule has 2 aromatic heterocycles. The highest BCUT2D eigenvalue weighted by Crippen LogP contribution is 2.33. The fourth-order valence-electron chi connectivity index (χ4n) is 3.48. The van der Waals surface area contributed by atoms with Gasteiger partial charge in [-0.25, -0.2) is 0 Å². The highest BCUT2D eigenvalue weighted by atomic mass is 35.5. The molecule has 0 N–H and O–H groups in total. The first-order chi connectivity index (χ1) is 14.4. The van der Waals surface area contributed by atoms with Crippen molar-refractivity contribution in [2.24, 2.45) is 5.92 Å². The fourth-order valence-corrected chi connectivity index (χ4v) is 3.69. The second-order valence-corrected chi connectivity index (χ2v) is 7.86. The summed E-state index contributed by atoms with van der Waals surface area (Å²) < 4.78 is 12.9. The van der Waals surface area contributed by atoms with E-state index in [1.54, 1.807) is 17.9 Å². The Bertz CT molecular complexity index is 1040. The van der Waals surface area contributed by atoms with Gasteiger partial charge < -0.3 is 14.0 Å². The number of pyridine rings is 2. The third-order valence-corrected chi connectivity index (χ3v) is 5.23. The first-order valence-electron chi connectivity index (χ1n) is 10.7. The summed E-state index contributed by atoms with van der Waals surface area (Å²) in [4.78, 5) is 17.5. The molecule has 0 aliphatic carbocycles. The predicted molar refractivity (Wildman–Crippen MR) is 126 cm³/mol. The first kappa shape index (κ1) is 24.2. The molecule has 5 nitrogen and oxygen atoms in total. The minimum Gasteiger partial charge on any atom is -0.492 e. The van der Waals surface area contributed by atoms with E-state index in [0.29, 0.717) is 47.5 Å². The lowest BCUT2D eigenvalue weighted by Crippen LogP contribution is -2.24. The van der Waals surface area contributed by atoms with Gasteiger partial charge in [0.2, 0.25) is 0 Å². The van der Waals surface area contributed by atoms with Crippen LogP contribution in [0.15, 0.2) is 29.2 Å². The number of aromatic nitrogens is 2. The first-order valence-corrected chi connectivity index (χ1v) is 11.0. The fraction of sp³-hybridized carbons (Fsp3) is 0.500. The van der Waals surface area contributed by atoms with E-state index in [-0.39, 0.29) is 5.56 Å². The van der Waals surface area contributed by atoms with E-state index < -0.39 is 0 Å². The number of methoxy groups -OCH3 is 1. The van der Waals surface area contributed by atoms with Crippen LogP contribution in [-0.2, 0) is 11.3 Å². The van der Waals surface area contributed by atoms with Crippen molar-refractivity contribution in [2.75, 3.05) is 20.3 Å². The molecule has 2 heterocycles. The summed E-state index contributed by atoms with van der Waals surface area (Å²) in [7, 11) is 1.63. The van der Waals surface area contributed by atoms with Gasteiger partial charge in [0.15, 0.2) is 0 Å². The zero-order valence-electron chi connectivity index (χ0n) is 18.9. The topological polar surface area (TPSA) is 53.4 Å². The van der Waals surface area contributed by atoms with Crippen molar-refractivity contribution in [2.45, 2.75) is 54.0 Å². The Morgan fingerprint density at radius 1 is 1.17 bits per heavy atom. The van der Waals surface area contributed by atoms with Crippen LogP contribution in [0.4, 0.5) is 0 Å². The van der Waals surface area contributed by atoms with Crippen molar-refractivity contribution in [3.63, 3.8) is 0 Å². The van der Waals surface area contributed by atoms with Crippen molar-refractivity contribution < 1.29 is 9.47 Å². The van der Waals surface area contributed by atoms with E-state index in [4.69, 9.17) is 21.1 Å². The lowest BCUT2D eigenvalue weighted by Gasteiger charge is -2.16. The Hall–Kier alpha value is -2.11. The van der Waals surface area contributed by atoms with E-state index in [1.165, 1.54) is 0 Å². The van der Waals surface area contributed by atoms with Gasteiger partial charge in [-0.15, -0.1) is 0 Å². The second-order valence-electron chi connectivity index (χ2n) is 7.45. The third-order valence-electron chi connectivity index (χ3n) is 4.93. The van der Waals surface area contributed by atoms with Gasteiger partial charge in [-0.3, -0.25) is 9.78 Å². The van der Waals surface area contributed by atoms with E-state index >= 15 is 0 Å². The maximum atomic E-state index is 13.2. The van der Waals surface area contributed by atoms with Crippen LogP contribution >= 0.6 is 11.6 Å². The average molecular weight is 433 g/mol. The number of ether oxygens (including phenoxy) is 2. The number of rotatable bonds is 8. The van der Waals surface area contributed by atoms with E-state index in [1.807, 2.05) is 39.0 Å². The molecule has 0 spiro atoms. The van der Waals surface area contributed by atoms with Gasteiger partial charge in [-0.05, 0) is 43.2 Å². The summed E-state index contributed by atoms with van der Waals surface area (Å²) in [6.45, 7) is 11.7. The SMILES string of the molecule is CC.COCCn1c(=O)c2c(C)nccc2c2cc(Cl)c(OCCCC(C)C)cc21. The van der Waals surface area contributed by atoms with Gasteiger partial charge >= 0.3 is 0 Å². The lowest BCUT2D eigenvalue weighted by molar-refractivity contribution is 0.187. The molecule has 3 rings (SSSR count). The normalized spacial score (nSPS) is 11.1. The van der Waals surface area contributed by atoms with Gasteiger partial charge in [0.1, 0.15) is 5.75 Å². The smallest absolute Gasteiger partial charge is 0.260 e. The van der Waals surface area contributed by atoms with Crippen LogP contribution in [0.5, 0.6) is 5.75 Å². The van der Waals surface area contributed by atoms with Gasteiger partial charge in [-0.2, -0.15) is 0 Å². The molecule has 0 atom stereocenters. The Morgan fingerprint density at radius 2 is 1.90 bits per heavy atom. The van der Waals surface area contributed by atoms with Crippen molar-refractivity contribution in [3.05, 3.63) is 45.5 Å². The summed E-state index contributed by atoms with van der Waals surface area (Å²) in [6, 6.07) is 5.63. The summed E-state index contributed by atoms with van der Waals surface area (Å²) in [5.41, 5.74) is 1.43.